The molecule has 0 spiro atoms. The fourth-order valence-corrected chi connectivity index (χ4v) is 7.01. The quantitative estimate of drug-likeness (QED) is 0.0362. The van der Waals surface area contributed by atoms with Crippen molar-refractivity contribution in [2.75, 3.05) is 19.8 Å². The molecule has 0 aromatic rings. The molecule has 0 saturated carbocycles. The molecule has 2 aliphatic rings. The van der Waals surface area contributed by atoms with Crippen LogP contribution in [0.15, 0.2) is 24.3 Å². The van der Waals surface area contributed by atoms with Crippen LogP contribution in [-0.2, 0) is 23.7 Å². The molecule has 0 bridgehead atoms. The van der Waals surface area contributed by atoms with Crippen molar-refractivity contribution in [1.82, 2.24) is 5.32 Å². The maximum atomic E-state index is 13.0. The van der Waals surface area contributed by atoms with Crippen LogP contribution >= 0.6 is 0 Å². The molecular formula is C42H77NO13. The number of nitrogens with one attached hydrogen (secondary N) is 1. The van der Waals surface area contributed by atoms with E-state index in [1.165, 1.54) is 70.6 Å². The third kappa shape index (κ3) is 19.0. The predicted octanol–water partition coefficient (Wildman–Crippen LogP) is 3.43. The van der Waals surface area contributed by atoms with Gasteiger partial charge in [-0.3, -0.25) is 4.79 Å². The van der Waals surface area contributed by atoms with E-state index in [1.54, 1.807) is 6.08 Å². The maximum absolute atomic E-state index is 13.0. The summed E-state index contributed by atoms with van der Waals surface area (Å²) in [6.45, 7) is 2.67. The number of carbonyl (C=O) groups is 1. The smallest absolute Gasteiger partial charge is 0.220 e. The molecule has 0 aromatic carbocycles. The van der Waals surface area contributed by atoms with E-state index in [2.05, 4.69) is 31.3 Å². The van der Waals surface area contributed by atoms with E-state index in [-0.39, 0.29) is 18.9 Å². The third-order valence-corrected chi connectivity index (χ3v) is 10.6. The first-order valence-electron chi connectivity index (χ1n) is 21.6. The summed E-state index contributed by atoms with van der Waals surface area (Å²) in [5.74, 6) is -0.254. The molecule has 2 saturated heterocycles. The molecule has 0 radical (unpaired) electrons. The lowest BCUT2D eigenvalue weighted by atomic mass is 9.97. The highest BCUT2D eigenvalue weighted by Gasteiger charge is 2.50. The Hall–Kier alpha value is -1.53. The summed E-state index contributed by atoms with van der Waals surface area (Å²) in [7, 11) is 0. The summed E-state index contributed by atoms with van der Waals surface area (Å²) in [6, 6.07) is -0.922. The minimum absolute atomic E-state index is 0.254. The Bertz CT molecular complexity index is 1050. The zero-order valence-corrected chi connectivity index (χ0v) is 34.1. The van der Waals surface area contributed by atoms with Crippen molar-refractivity contribution in [3.8, 4) is 0 Å². The number of amides is 1. The number of rotatable bonds is 31. The van der Waals surface area contributed by atoms with E-state index in [9.17, 15) is 45.6 Å². The van der Waals surface area contributed by atoms with Crippen molar-refractivity contribution in [1.29, 1.82) is 0 Å². The van der Waals surface area contributed by atoms with Gasteiger partial charge in [0.15, 0.2) is 12.6 Å². The highest BCUT2D eigenvalue weighted by molar-refractivity contribution is 5.76. The lowest BCUT2D eigenvalue weighted by molar-refractivity contribution is -0.359. The van der Waals surface area contributed by atoms with Crippen molar-refractivity contribution in [2.24, 2.45) is 0 Å². The van der Waals surface area contributed by atoms with Crippen LogP contribution in [0.5, 0.6) is 0 Å². The van der Waals surface area contributed by atoms with E-state index in [0.717, 1.165) is 38.5 Å². The number of carbonyl (C=O) groups excluding carboxylic acids is 1. The Labute approximate surface area is 335 Å². The lowest BCUT2D eigenvalue weighted by Crippen LogP contribution is -2.65. The number of ether oxygens (including phenoxy) is 4. The molecule has 56 heavy (non-hydrogen) atoms. The molecule has 0 aromatic heterocycles. The zero-order valence-electron chi connectivity index (χ0n) is 34.1. The van der Waals surface area contributed by atoms with Crippen LogP contribution in [0.3, 0.4) is 0 Å². The summed E-state index contributed by atoms with van der Waals surface area (Å²) in [4.78, 5) is 13.0. The second-order valence-corrected chi connectivity index (χ2v) is 15.5. The molecule has 12 unspecified atom stereocenters. The van der Waals surface area contributed by atoms with Crippen LogP contribution in [0.25, 0.3) is 0 Å². The second kappa shape index (κ2) is 30.5. The van der Waals surface area contributed by atoms with Crippen molar-refractivity contribution in [2.45, 2.75) is 216 Å². The van der Waals surface area contributed by atoms with Gasteiger partial charge in [-0.15, -0.1) is 0 Å². The normalized spacial score (nSPS) is 29.6. The van der Waals surface area contributed by atoms with Gasteiger partial charge in [0.2, 0.25) is 5.91 Å². The van der Waals surface area contributed by atoms with Crippen LogP contribution in [0.4, 0.5) is 0 Å². The molecule has 2 rings (SSSR count). The Kier molecular flexibility index (Phi) is 27.6. The van der Waals surface area contributed by atoms with Crippen LogP contribution in [0, 0.1) is 0 Å². The SMILES string of the molecule is CCCCC/C=C/CC/C=C/C(O)C(COC1OC(CO)C(OC2OC(CO)C(O)C(O)C2O)C(O)C1O)NC(=O)CCCCCCCCCCCCCCC. The average molecular weight is 804 g/mol. The minimum atomic E-state index is -1.79. The van der Waals surface area contributed by atoms with Gasteiger partial charge in [0.1, 0.15) is 48.8 Å². The zero-order chi connectivity index (χ0) is 41.1. The number of aliphatic hydroxyl groups excluding tert-OH is 8. The topological polar surface area (TPSA) is 228 Å². The number of hydrogen-bond donors (Lipinski definition) is 9. The van der Waals surface area contributed by atoms with Gasteiger partial charge in [-0.25, -0.2) is 0 Å². The molecular weight excluding hydrogens is 726 g/mol. The minimum Gasteiger partial charge on any atom is -0.394 e. The molecule has 0 aliphatic carbocycles. The average Bonchev–Trinajstić information content (AvgIpc) is 3.19. The van der Waals surface area contributed by atoms with E-state index in [4.69, 9.17) is 18.9 Å². The van der Waals surface area contributed by atoms with E-state index in [1.807, 2.05) is 6.08 Å². The van der Waals surface area contributed by atoms with Gasteiger partial charge in [0.05, 0.1) is 32.0 Å². The van der Waals surface area contributed by atoms with Crippen LogP contribution in [0.1, 0.15) is 142 Å². The lowest BCUT2D eigenvalue weighted by Gasteiger charge is -2.46. The van der Waals surface area contributed by atoms with Crippen molar-refractivity contribution >= 4 is 5.91 Å². The Morgan fingerprint density at radius 2 is 1.14 bits per heavy atom. The van der Waals surface area contributed by atoms with Gasteiger partial charge in [-0.05, 0) is 32.1 Å². The Balaban J connectivity index is 1.92. The first-order valence-corrected chi connectivity index (χ1v) is 21.6. The Morgan fingerprint density at radius 3 is 1.75 bits per heavy atom. The molecule has 2 heterocycles. The molecule has 1 amide bonds. The number of allylic oxidation sites excluding steroid dienone is 3. The molecule has 14 heteroatoms. The van der Waals surface area contributed by atoms with Gasteiger partial charge in [0, 0.05) is 6.42 Å². The molecule has 328 valence electrons. The van der Waals surface area contributed by atoms with Gasteiger partial charge < -0.3 is 65.1 Å². The summed E-state index contributed by atoms with van der Waals surface area (Å²) in [5, 5.41) is 86.1. The monoisotopic (exact) mass is 804 g/mol. The number of aliphatic hydroxyl groups is 8. The van der Waals surface area contributed by atoms with E-state index >= 15 is 0 Å². The van der Waals surface area contributed by atoms with Gasteiger partial charge in [-0.2, -0.15) is 0 Å². The summed E-state index contributed by atoms with van der Waals surface area (Å²) in [5.41, 5.74) is 0. The molecule has 14 nitrogen and oxygen atoms in total. The van der Waals surface area contributed by atoms with Crippen LogP contribution in [-0.4, -0.2) is 140 Å². The standard InChI is InChI=1S/C42H77NO13/c1-3-5-7-9-11-13-14-15-16-18-20-22-24-26-34(47)43-30(31(46)25-23-21-19-17-12-10-8-6-4-2)29-53-41-39(52)37(50)40(33(28-45)55-41)56-42-38(51)36(49)35(48)32(27-44)54-42/h12,17,23,25,30-33,35-42,44-46,48-52H,3-11,13-16,18-22,24,26-29H2,1-2H3,(H,43,47)/b17-12+,25-23+. The van der Waals surface area contributed by atoms with E-state index in [0.29, 0.717) is 12.8 Å². The highest BCUT2D eigenvalue weighted by atomic mass is 16.7. The fraction of sp³-hybridized carbons (Fsp3) is 0.881. The van der Waals surface area contributed by atoms with Gasteiger partial charge in [0.25, 0.3) is 0 Å². The highest BCUT2D eigenvalue weighted by Crippen LogP contribution is 2.30. The third-order valence-electron chi connectivity index (χ3n) is 10.6. The summed E-state index contributed by atoms with van der Waals surface area (Å²) in [6.07, 6.45) is 12.5. The van der Waals surface area contributed by atoms with Gasteiger partial charge >= 0.3 is 0 Å². The summed E-state index contributed by atoms with van der Waals surface area (Å²) >= 11 is 0. The first kappa shape index (κ1) is 50.6. The fourth-order valence-electron chi connectivity index (χ4n) is 7.01. The van der Waals surface area contributed by atoms with Crippen molar-refractivity contribution in [3.63, 3.8) is 0 Å². The molecule has 2 fully saturated rings. The van der Waals surface area contributed by atoms with Crippen molar-refractivity contribution < 1.29 is 64.6 Å². The van der Waals surface area contributed by atoms with Crippen LogP contribution < -0.4 is 5.32 Å². The van der Waals surface area contributed by atoms with Crippen molar-refractivity contribution in [3.05, 3.63) is 24.3 Å². The number of unbranched alkanes of at least 4 members (excludes halogenated alkanes) is 16. The predicted molar refractivity (Wildman–Crippen MR) is 212 cm³/mol. The number of hydrogen-bond acceptors (Lipinski definition) is 13. The van der Waals surface area contributed by atoms with Gasteiger partial charge in [-0.1, -0.05) is 128 Å². The molecule has 2 aliphatic heterocycles. The maximum Gasteiger partial charge on any atom is 0.220 e. The first-order chi connectivity index (χ1) is 27.1. The second-order valence-electron chi connectivity index (χ2n) is 15.5. The Morgan fingerprint density at radius 1 is 0.625 bits per heavy atom. The molecule has 9 N–H and O–H groups in total. The largest absolute Gasteiger partial charge is 0.394 e. The van der Waals surface area contributed by atoms with E-state index < -0.39 is 86.8 Å². The van der Waals surface area contributed by atoms with Crippen LogP contribution in [0.2, 0.25) is 0 Å². The summed E-state index contributed by atoms with van der Waals surface area (Å²) < 4.78 is 22.5. The molecule has 12 atom stereocenters.